The number of hydrogen-bond donors (Lipinski definition) is 1. The number of aryl methyl sites for hydroxylation is 1. The molecule has 1 aromatic carbocycles. The van der Waals surface area contributed by atoms with E-state index in [-0.39, 0.29) is 17.2 Å². The lowest BCUT2D eigenvalue weighted by molar-refractivity contribution is -0.120. The highest BCUT2D eigenvalue weighted by atomic mass is 32.2. The van der Waals surface area contributed by atoms with Crippen LogP contribution in [0.2, 0.25) is 0 Å². The minimum atomic E-state index is -0.178. The van der Waals surface area contributed by atoms with Crippen LogP contribution >= 0.6 is 11.8 Å². The minimum Gasteiger partial charge on any atom is -0.349 e. The molecule has 5 heteroatoms. The van der Waals surface area contributed by atoms with Gasteiger partial charge in [-0.05, 0) is 19.4 Å². The van der Waals surface area contributed by atoms with Crippen molar-refractivity contribution in [3.63, 3.8) is 0 Å². The van der Waals surface area contributed by atoms with Crippen molar-refractivity contribution in [1.82, 2.24) is 14.9 Å². The number of imidazole rings is 1. The van der Waals surface area contributed by atoms with Crippen LogP contribution in [0.25, 0.3) is 0 Å². The topological polar surface area (TPSA) is 46.9 Å². The lowest BCUT2D eigenvalue weighted by Crippen LogP contribution is -2.33. The maximum atomic E-state index is 12.2. The summed E-state index contributed by atoms with van der Waals surface area (Å²) in [5.41, 5.74) is 1.11. The fraction of sp³-hybridized carbons (Fsp3) is 0.333. The number of thioether (sulfide) groups is 1. The summed E-state index contributed by atoms with van der Waals surface area (Å²) in [5, 5.41) is 3.70. The van der Waals surface area contributed by atoms with Gasteiger partial charge in [0.1, 0.15) is 0 Å². The van der Waals surface area contributed by atoms with Gasteiger partial charge in [0.2, 0.25) is 5.91 Å². The van der Waals surface area contributed by atoms with Gasteiger partial charge in [-0.15, -0.1) is 0 Å². The highest BCUT2D eigenvalue weighted by molar-refractivity contribution is 8.00. The highest BCUT2D eigenvalue weighted by Gasteiger charge is 2.18. The van der Waals surface area contributed by atoms with Gasteiger partial charge < -0.3 is 9.88 Å². The van der Waals surface area contributed by atoms with Gasteiger partial charge >= 0.3 is 0 Å². The molecule has 0 aliphatic rings. The number of benzene rings is 1. The van der Waals surface area contributed by atoms with E-state index in [1.807, 2.05) is 62.0 Å². The van der Waals surface area contributed by atoms with E-state index in [4.69, 9.17) is 0 Å². The van der Waals surface area contributed by atoms with Crippen LogP contribution in [0, 0.1) is 0 Å². The Labute approximate surface area is 123 Å². The molecule has 0 saturated heterocycles. The van der Waals surface area contributed by atoms with Crippen molar-refractivity contribution in [3.05, 3.63) is 48.3 Å². The van der Waals surface area contributed by atoms with E-state index in [0.717, 1.165) is 10.7 Å². The minimum absolute atomic E-state index is 0.00752. The number of nitrogens with zero attached hydrogens (tertiary/aromatic N) is 2. The van der Waals surface area contributed by atoms with Crippen molar-refractivity contribution >= 4 is 17.7 Å². The average molecular weight is 289 g/mol. The fourth-order valence-corrected chi connectivity index (χ4v) is 2.67. The Bertz CT molecular complexity index is 568. The van der Waals surface area contributed by atoms with Gasteiger partial charge in [-0.2, -0.15) is 0 Å². The van der Waals surface area contributed by atoms with Crippen LogP contribution in [0.1, 0.15) is 25.5 Å². The molecule has 20 heavy (non-hydrogen) atoms. The van der Waals surface area contributed by atoms with E-state index in [1.165, 1.54) is 11.8 Å². The first-order valence-electron chi connectivity index (χ1n) is 6.57. The Morgan fingerprint density at radius 3 is 2.60 bits per heavy atom. The SMILES string of the molecule is C[C@H](NC(=O)[C@@H](C)Sc1nccn1C)c1ccccc1. The molecule has 0 aliphatic heterocycles. The van der Waals surface area contributed by atoms with Crippen molar-refractivity contribution in [2.75, 3.05) is 0 Å². The van der Waals surface area contributed by atoms with Gasteiger partial charge in [0, 0.05) is 19.4 Å². The molecule has 0 unspecified atom stereocenters. The third-order valence-corrected chi connectivity index (χ3v) is 4.26. The number of carbonyl (C=O) groups excluding carboxylic acids is 1. The number of nitrogens with one attached hydrogen (secondary N) is 1. The molecule has 2 atom stereocenters. The van der Waals surface area contributed by atoms with Crippen LogP contribution in [0.3, 0.4) is 0 Å². The molecule has 0 spiro atoms. The van der Waals surface area contributed by atoms with E-state index in [9.17, 15) is 4.79 Å². The molecule has 2 aromatic rings. The van der Waals surface area contributed by atoms with Crippen molar-refractivity contribution in [3.8, 4) is 0 Å². The normalized spacial score (nSPS) is 13.8. The zero-order valence-corrected chi connectivity index (χ0v) is 12.7. The van der Waals surface area contributed by atoms with E-state index in [2.05, 4.69) is 10.3 Å². The largest absolute Gasteiger partial charge is 0.349 e. The van der Waals surface area contributed by atoms with E-state index >= 15 is 0 Å². The van der Waals surface area contributed by atoms with Crippen LogP contribution in [0.4, 0.5) is 0 Å². The van der Waals surface area contributed by atoms with Gasteiger partial charge in [-0.3, -0.25) is 4.79 Å². The summed E-state index contributed by atoms with van der Waals surface area (Å²) in [6.45, 7) is 3.89. The summed E-state index contributed by atoms with van der Waals surface area (Å²) >= 11 is 1.46. The Kier molecular flexibility index (Phi) is 4.84. The monoisotopic (exact) mass is 289 g/mol. The van der Waals surface area contributed by atoms with Crippen LogP contribution in [-0.4, -0.2) is 20.7 Å². The van der Waals surface area contributed by atoms with Gasteiger partial charge in [-0.1, -0.05) is 42.1 Å². The Morgan fingerprint density at radius 1 is 1.30 bits per heavy atom. The van der Waals surface area contributed by atoms with Crippen LogP contribution < -0.4 is 5.32 Å². The lowest BCUT2D eigenvalue weighted by Gasteiger charge is -2.17. The zero-order valence-electron chi connectivity index (χ0n) is 11.9. The standard InChI is InChI=1S/C15H19N3OS/c1-11(13-7-5-4-6-8-13)17-14(19)12(2)20-15-16-9-10-18(15)3/h4-12H,1-3H3,(H,17,19)/t11-,12+/m0/s1. The van der Waals surface area contributed by atoms with Gasteiger partial charge in [0.05, 0.1) is 11.3 Å². The van der Waals surface area contributed by atoms with Crippen molar-refractivity contribution in [2.24, 2.45) is 7.05 Å². The molecular formula is C15H19N3OS. The van der Waals surface area contributed by atoms with E-state index in [0.29, 0.717) is 0 Å². The molecule has 0 radical (unpaired) electrons. The first-order valence-corrected chi connectivity index (χ1v) is 7.45. The van der Waals surface area contributed by atoms with Gasteiger partial charge in [0.15, 0.2) is 5.16 Å². The average Bonchev–Trinajstić information content (AvgIpc) is 2.85. The molecule has 1 N–H and O–H groups in total. The molecule has 1 heterocycles. The number of aromatic nitrogens is 2. The summed E-state index contributed by atoms with van der Waals surface area (Å²) in [6, 6.07) is 9.96. The second-order valence-electron chi connectivity index (χ2n) is 4.72. The predicted octanol–water partition coefficient (Wildman–Crippen LogP) is 2.78. The third-order valence-electron chi connectivity index (χ3n) is 3.09. The number of hydrogen-bond acceptors (Lipinski definition) is 3. The first kappa shape index (κ1) is 14.7. The van der Waals surface area contributed by atoms with E-state index < -0.39 is 0 Å². The predicted molar refractivity (Wildman–Crippen MR) is 81.5 cm³/mol. The molecule has 0 fully saturated rings. The van der Waals surface area contributed by atoms with Gasteiger partial charge in [0.25, 0.3) is 0 Å². The third kappa shape index (κ3) is 3.63. The van der Waals surface area contributed by atoms with E-state index in [1.54, 1.807) is 6.20 Å². The maximum absolute atomic E-state index is 12.2. The lowest BCUT2D eigenvalue weighted by atomic mass is 10.1. The summed E-state index contributed by atoms with van der Waals surface area (Å²) in [6.07, 6.45) is 3.61. The Morgan fingerprint density at radius 2 is 2.00 bits per heavy atom. The van der Waals surface area contributed by atoms with Crippen LogP contribution in [-0.2, 0) is 11.8 Å². The second kappa shape index (κ2) is 6.61. The van der Waals surface area contributed by atoms with Crippen LogP contribution in [0.5, 0.6) is 0 Å². The maximum Gasteiger partial charge on any atom is 0.233 e. The van der Waals surface area contributed by atoms with Crippen molar-refractivity contribution in [1.29, 1.82) is 0 Å². The zero-order chi connectivity index (χ0) is 14.5. The van der Waals surface area contributed by atoms with Crippen LogP contribution in [0.15, 0.2) is 47.9 Å². The van der Waals surface area contributed by atoms with Crippen molar-refractivity contribution in [2.45, 2.75) is 30.3 Å². The highest BCUT2D eigenvalue weighted by Crippen LogP contribution is 2.21. The fourth-order valence-electron chi connectivity index (χ4n) is 1.83. The molecule has 1 amide bonds. The molecule has 0 saturated carbocycles. The number of rotatable bonds is 5. The summed E-state index contributed by atoms with van der Waals surface area (Å²) < 4.78 is 1.91. The number of carbonyl (C=O) groups is 1. The molecule has 0 aliphatic carbocycles. The smallest absolute Gasteiger partial charge is 0.233 e. The molecule has 2 rings (SSSR count). The summed E-state index contributed by atoms with van der Waals surface area (Å²) in [4.78, 5) is 16.4. The molecular weight excluding hydrogens is 270 g/mol. The molecule has 4 nitrogen and oxygen atoms in total. The molecule has 106 valence electrons. The summed E-state index contributed by atoms with van der Waals surface area (Å²) in [5.74, 6) is 0.0225. The first-order chi connectivity index (χ1) is 9.58. The molecule has 0 bridgehead atoms. The Balaban J connectivity index is 1.93. The summed E-state index contributed by atoms with van der Waals surface area (Å²) in [7, 11) is 1.92. The second-order valence-corrected chi connectivity index (χ2v) is 6.03. The van der Waals surface area contributed by atoms with Gasteiger partial charge in [-0.25, -0.2) is 4.98 Å². The Hall–Kier alpha value is -1.75. The molecule has 1 aromatic heterocycles. The quantitative estimate of drug-likeness (QED) is 0.861. The number of amides is 1. The van der Waals surface area contributed by atoms with Crippen molar-refractivity contribution < 1.29 is 4.79 Å².